The van der Waals surface area contributed by atoms with Gasteiger partial charge < -0.3 is 15.4 Å². The fourth-order valence-electron chi connectivity index (χ4n) is 2.32. The molecule has 1 heterocycles. The summed E-state index contributed by atoms with van der Waals surface area (Å²) in [5.41, 5.74) is 2.08. The first-order valence-electron chi connectivity index (χ1n) is 7.98. The van der Waals surface area contributed by atoms with Gasteiger partial charge in [-0.3, -0.25) is 4.79 Å². The maximum Gasteiger partial charge on any atom is 0.276 e. The maximum atomic E-state index is 12.9. The summed E-state index contributed by atoms with van der Waals surface area (Å²) in [7, 11) is 1.49. The summed E-state index contributed by atoms with van der Waals surface area (Å²) in [6.07, 6.45) is 0. The lowest BCUT2D eigenvalue weighted by Gasteiger charge is -2.12. The van der Waals surface area contributed by atoms with Crippen LogP contribution < -0.4 is 15.4 Å². The Labute approximate surface area is 160 Å². The number of carbonyl (C=O) groups excluding carboxylic acids is 1. The van der Waals surface area contributed by atoms with Gasteiger partial charge in [-0.05, 0) is 55.0 Å². The van der Waals surface area contributed by atoms with Crippen molar-refractivity contribution in [3.63, 3.8) is 0 Å². The standard InChI is InChI=1S/C19H16ClFN4O2/c1-11-9-16(17(27-2)10-14(11)20)23-19(26)15-7-8-18(25-24-15)22-13-5-3-12(21)4-6-13/h3-10H,1-2H3,(H,22,25)(H,23,26). The molecule has 0 aliphatic carbocycles. The maximum absolute atomic E-state index is 12.9. The van der Waals surface area contributed by atoms with E-state index in [1.165, 1.54) is 25.3 Å². The Balaban J connectivity index is 1.72. The van der Waals surface area contributed by atoms with Gasteiger partial charge in [0.05, 0.1) is 12.8 Å². The number of ether oxygens (including phenoxy) is 1. The van der Waals surface area contributed by atoms with E-state index in [0.717, 1.165) is 5.56 Å². The van der Waals surface area contributed by atoms with E-state index in [2.05, 4.69) is 20.8 Å². The molecule has 0 spiro atoms. The minimum absolute atomic E-state index is 0.134. The highest BCUT2D eigenvalue weighted by Gasteiger charge is 2.13. The first-order valence-corrected chi connectivity index (χ1v) is 8.36. The smallest absolute Gasteiger partial charge is 0.276 e. The molecule has 3 rings (SSSR count). The molecule has 1 aromatic heterocycles. The van der Waals surface area contributed by atoms with Gasteiger partial charge in [0, 0.05) is 16.8 Å². The lowest BCUT2D eigenvalue weighted by atomic mass is 10.2. The predicted octanol–water partition coefficient (Wildman–Crippen LogP) is 4.58. The molecule has 1 amide bonds. The van der Waals surface area contributed by atoms with Crippen molar-refractivity contribution in [2.75, 3.05) is 17.7 Å². The lowest BCUT2D eigenvalue weighted by molar-refractivity contribution is 0.102. The van der Waals surface area contributed by atoms with E-state index in [-0.39, 0.29) is 11.5 Å². The van der Waals surface area contributed by atoms with Crippen LogP contribution in [0.2, 0.25) is 5.02 Å². The zero-order valence-corrected chi connectivity index (χ0v) is 15.3. The summed E-state index contributed by atoms with van der Waals surface area (Å²) in [6.45, 7) is 1.83. The fourth-order valence-corrected chi connectivity index (χ4v) is 2.47. The molecule has 0 unspecified atom stereocenters. The van der Waals surface area contributed by atoms with Crippen LogP contribution in [0.3, 0.4) is 0 Å². The molecule has 0 atom stereocenters. The van der Waals surface area contributed by atoms with E-state index in [9.17, 15) is 9.18 Å². The van der Waals surface area contributed by atoms with Gasteiger partial charge >= 0.3 is 0 Å². The van der Waals surface area contributed by atoms with Crippen LogP contribution in [0, 0.1) is 12.7 Å². The molecule has 6 nitrogen and oxygen atoms in total. The van der Waals surface area contributed by atoms with Gasteiger partial charge in [-0.1, -0.05) is 11.6 Å². The summed E-state index contributed by atoms with van der Waals surface area (Å²) < 4.78 is 18.2. The van der Waals surface area contributed by atoms with Crippen molar-refractivity contribution in [3.8, 4) is 5.75 Å². The van der Waals surface area contributed by atoms with E-state index in [1.54, 1.807) is 30.3 Å². The van der Waals surface area contributed by atoms with Crippen molar-refractivity contribution >= 4 is 34.7 Å². The molecule has 8 heteroatoms. The number of hydrogen-bond donors (Lipinski definition) is 2. The Morgan fingerprint density at radius 1 is 1.11 bits per heavy atom. The van der Waals surface area contributed by atoms with E-state index < -0.39 is 5.91 Å². The third kappa shape index (κ3) is 4.51. The Hall–Kier alpha value is -3.19. The van der Waals surface area contributed by atoms with Gasteiger partial charge in [0.1, 0.15) is 11.6 Å². The number of amides is 1. The fraction of sp³-hybridized carbons (Fsp3) is 0.105. The largest absolute Gasteiger partial charge is 0.495 e. The van der Waals surface area contributed by atoms with Crippen LogP contribution >= 0.6 is 11.6 Å². The van der Waals surface area contributed by atoms with E-state index in [0.29, 0.717) is 28.0 Å². The number of aromatic nitrogens is 2. The molecule has 138 valence electrons. The number of hydrogen-bond acceptors (Lipinski definition) is 5. The van der Waals surface area contributed by atoms with Gasteiger partial charge in [0.25, 0.3) is 5.91 Å². The van der Waals surface area contributed by atoms with Crippen LogP contribution in [0.5, 0.6) is 5.75 Å². The molecule has 0 bridgehead atoms. The van der Waals surface area contributed by atoms with E-state index >= 15 is 0 Å². The van der Waals surface area contributed by atoms with Gasteiger partial charge in [0.15, 0.2) is 11.5 Å². The van der Waals surface area contributed by atoms with Crippen LogP contribution in [-0.4, -0.2) is 23.2 Å². The van der Waals surface area contributed by atoms with Crippen LogP contribution in [0.25, 0.3) is 0 Å². The normalized spacial score (nSPS) is 10.4. The monoisotopic (exact) mass is 386 g/mol. The Morgan fingerprint density at radius 3 is 2.48 bits per heavy atom. The van der Waals surface area contributed by atoms with Gasteiger partial charge in [-0.25, -0.2) is 4.39 Å². The summed E-state index contributed by atoms with van der Waals surface area (Å²) in [5, 5.41) is 14.1. The number of methoxy groups -OCH3 is 1. The second-order valence-electron chi connectivity index (χ2n) is 5.69. The van der Waals surface area contributed by atoms with Crippen molar-refractivity contribution in [2.24, 2.45) is 0 Å². The Morgan fingerprint density at radius 2 is 1.85 bits per heavy atom. The highest BCUT2D eigenvalue weighted by molar-refractivity contribution is 6.31. The number of aryl methyl sites for hydroxylation is 1. The molecule has 2 aromatic carbocycles. The first kappa shape index (κ1) is 18.6. The number of nitrogens with zero attached hydrogens (tertiary/aromatic N) is 2. The Bertz CT molecular complexity index is 963. The van der Waals surface area contributed by atoms with Crippen LogP contribution in [0.4, 0.5) is 21.6 Å². The molecule has 0 saturated carbocycles. The molecule has 0 radical (unpaired) electrons. The van der Waals surface area contributed by atoms with E-state index in [4.69, 9.17) is 16.3 Å². The minimum atomic E-state index is -0.434. The molecule has 0 saturated heterocycles. The van der Waals surface area contributed by atoms with Crippen molar-refractivity contribution in [2.45, 2.75) is 6.92 Å². The zero-order valence-electron chi connectivity index (χ0n) is 14.6. The molecule has 2 N–H and O–H groups in total. The van der Waals surface area contributed by atoms with Crippen LogP contribution in [-0.2, 0) is 0 Å². The molecular weight excluding hydrogens is 371 g/mol. The average molecular weight is 387 g/mol. The number of rotatable bonds is 5. The molecule has 0 aliphatic heterocycles. The van der Waals surface area contributed by atoms with Crippen molar-refractivity contribution in [3.05, 3.63) is 70.6 Å². The van der Waals surface area contributed by atoms with Gasteiger partial charge in [0.2, 0.25) is 0 Å². The molecule has 0 fully saturated rings. The van der Waals surface area contributed by atoms with E-state index in [1.807, 2.05) is 6.92 Å². The summed E-state index contributed by atoms with van der Waals surface area (Å²) in [6, 6.07) is 12.3. The minimum Gasteiger partial charge on any atom is -0.495 e. The topological polar surface area (TPSA) is 76.1 Å². The number of carbonyl (C=O) groups is 1. The number of benzene rings is 2. The summed E-state index contributed by atoms with van der Waals surface area (Å²) in [4.78, 5) is 12.4. The van der Waals surface area contributed by atoms with Crippen molar-refractivity contribution < 1.29 is 13.9 Å². The molecule has 0 aliphatic rings. The van der Waals surface area contributed by atoms with Crippen LogP contribution in [0.1, 0.15) is 16.1 Å². The zero-order chi connectivity index (χ0) is 19.4. The van der Waals surface area contributed by atoms with Crippen molar-refractivity contribution in [1.82, 2.24) is 10.2 Å². The summed E-state index contributed by atoms with van der Waals surface area (Å²) >= 11 is 6.07. The second kappa shape index (κ2) is 8.01. The number of nitrogens with one attached hydrogen (secondary N) is 2. The highest BCUT2D eigenvalue weighted by atomic mass is 35.5. The highest BCUT2D eigenvalue weighted by Crippen LogP contribution is 2.31. The predicted molar refractivity (Wildman–Crippen MR) is 102 cm³/mol. The first-order chi connectivity index (χ1) is 13.0. The Kier molecular flexibility index (Phi) is 5.52. The molecule has 3 aromatic rings. The second-order valence-corrected chi connectivity index (χ2v) is 6.10. The SMILES string of the molecule is COc1cc(Cl)c(C)cc1NC(=O)c1ccc(Nc2ccc(F)cc2)nn1. The van der Waals surface area contributed by atoms with Gasteiger partial charge in [-0.15, -0.1) is 10.2 Å². The van der Waals surface area contributed by atoms with Crippen LogP contribution in [0.15, 0.2) is 48.5 Å². The number of anilines is 3. The molecular formula is C19H16ClFN4O2. The average Bonchev–Trinajstić information content (AvgIpc) is 2.67. The lowest BCUT2D eigenvalue weighted by Crippen LogP contribution is -2.15. The van der Waals surface area contributed by atoms with Crippen molar-refractivity contribution in [1.29, 1.82) is 0 Å². The number of halogens is 2. The molecule has 27 heavy (non-hydrogen) atoms. The summed E-state index contributed by atoms with van der Waals surface area (Å²) in [5.74, 6) is 0.113. The quantitative estimate of drug-likeness (QED) is 0.671. The third-order valence-corrected chi connectivity index (χ3v) is 4.15. The van der Waals surface area contributed by atoms with Gasteiger partial charge in [-0.2, -0.15) is 0 Å². The third-order valence-electron chi connectivity index (χ3n) is 3.74.